The maximum absolute atomic E-state index is 5.08. The Labute approximate surface area is 63.9 Å². The first-order chi connectivity index (χ1) is 4.45. The van der Waals surface area contributed by atoms with Crippen LogP contribution in [0.4, 0.5) is 0 Å². The fraction of sp³-hybridized carbons (Fsp3) is 1.00. The molecular formula is C6H10OS2. The van der Waals surface area contributed by atoms with Crippen LogP contribution >= 0.6 is 23.5 Å². The molecule has 0 spiro atoms. The molecule has 3 heteroatoms. The van der Waals surface area contributed by atoms with Crippen molar-refractivity contribution >= 4 is 23.5 Å². The van der Waals surface area contributed by atoms with Crippen LogP contribution in [0.5, 0.6) is 0 Å². The number of hydrogen-bond donors (Lipinski definition) is 0. The highest BCUT2D eigenvalue weighted by Crippen LogP contribution is 2.33. The second kappa shape index (κ2) is 2.72. The maximum Gasteiger partial charge on any atom is 0.0900 e. The zero-order chi connectivity index (χ0) is 6.10. The zero-order valence-corrected chi connectivity index (χ0v) is 6.84. The van der Waals surface area contributed by atoms with E-state index in [0.29, 0.717) is 6.10 Å². The monoisotopic (exact) mass is 162 g/mol. The summed E-state index contributed by atoms with van der Waals surface area (Å²) in [5, 5.41) is 0.994. The average Bonchev–Trinajstić information content (AvgIpc) is 2.57. The average molecular weight is 162 g/mol. The molecule has 0 aliphatic carbocycles. The minimum Gasteiger partial charge on any atom is -0.372 e. The Bertz CT molecular complexity index is 87.2. The van der Waals surface area contributed by atoms with Crippen molar-refractivity contribution in [3.05, 3.63) is 0 Å². The van der Waals surface area contributed by atoms with Crippen LogP contribution in [0.3, 0.4) is 0 Å². The van der Waals surface area contributed by atoms with Crippen LogP contribution in [0, 0.1) is 0 Å². The van der Waals surface area contributed by atoms with Crippen molar-refractivity contribution in [2.45, 2.75) is 11.4 Å². The van der Waals surface area contributed by atoms with Crippen molar-refractivity contribution < 1.29 is 4.74 Å². The molecule has 52 valence electrons. The summed E-state index contributed by atoms with van der Waals surface area (Å²) in [5.41, 5.74) is 0. The van der Waals surface area contributed by atoms with Crippen molar-refractivity contribution in [3.63, 3.8) is 0 Å². The van der Waals surface area contributed by atoms with Crippen LogP contribution in [-0.2, 0) is 4.74 Å². The Morgan fingerprint density at radius 1 is 1.56 bits per heavy atom. The van der Waals surface area contributed by atoms with Gasteiger partial charge < -0.3 is 4.74 Å². The smallest absolute Gasteiger partial charge is 0.0900 e. The molecule has 0 N–H and O–H groups in total. The van der Waals surface area contributed by atoms with Crippen LogP contribution in [0.25, 0.3) is 0 Å². The third kappa shape index (κ3) is 2.40. The molecule has 2 saturated heterocycles. The quantitative estimate of drug-likeness (QED) is 0.577. The fourth-order valence-corrected chi connectivity index (χ4v) is 2.71. The standard InChI is InChI=1S/C6H10OS2/c1-5(7-1)2-8-3-6-4-9-6/h5-6H,1-4H2. The van der Waals surface area contributed by atoms with Crippen LogP contribution in [0.15, 0.2) is 0 Å². The minimum absolute atomic E-state index is 0.624. The van der Waals surface area contributed by atoms with Gasteiger partial charge in [0, 0.05) is 22.5 Å². The normalized spacial score (nSPS) is 38.7. The van der Waals surface area contributed by atoms with Gasteiger partial charge in [0.05, 0.1) is 12.7 Å². The first-order valence-electron chi connectivity index (χ1n) is 3.26. The summed E-state index contributed by atoms with van der Waals surface area (Å²) in [6.45, 7) is 1.02. The van der Waals surface area contributed by atoms with Gasteiger partial charge >= 0.3 is 0 Å². The number of rotatable bonds is 4. The van der Waals surface area contributed by atoms with Crippen LogP contribution in [0.1, 0.15) is 0 Å². The molecule has 0 saturated carbocycles. The largest absolute Gasteiger partial charge is 0.372 e. The van der Waals surface area contributed by atoms with E-state index in [0.717, 1.165) is 11.9 Å². The predicted molar refractivity (Wildman–Crippen MR) is 43.3 cm³/mol. The Hall–Kier alpha value is 0.660. The topological polar surface area (TPSA) is 12.5 Å². The molecule has 2 unspecified atom stereocenters. The molecule has 2 atom stereocenters. The second-order valence-electron chi connectivity index (χ2n) is 2.45. The third-order valence-corrected chi connectivity index (χ3v) is 3.84. The van der Waals surface area contributed by atoms with Crippen LogP contribution in [-0.4, -0.2) is 35.2 Å². The van der Waals surface area contributed by atoms with E-state index in [1.807, 2.05) is 11.8 Å². The third-order valence-electron chi connectivity index (χ3n) is 1.41. The molecule has 9 heavy (non-hydrogen) atoms. The molecule has 0 aromatic carbocycles. The van der Waals surface area contributed by atoms with Gasteiger partial charge in [-0.25, -0.2) is 0 Å². The lowest BCUT2D eigenvalue weighted by Gasteiger charge is -1.92. The van der Waals surface area contributed by atoms with Crippen LogP contribution < -0.4 is 0 Å². The SMILES string of the molecule is C1OC1CSCC1CS1. The first-order valence-corrected chi connectivity index (χ1v) is 5.46. The van der Waals surface area contributed by atoms with Crippen molar-refractivity contribution in [3.8, 4) is 0 Å². The number of thioether (sulfide) groups is 2. The summed E-state index contributed by atoms with van der Waals surface area (Å²) in [6.07, 6.45) is 0.624. The zero-order valence-electron chi connectivity index (χ0n) is 5.21. The predicted octanol–water partition coefficient (Wildman–Crippen LogP) is 1.23. The Kier molecular flexibility index (Phi) is 1.93. The van der Waals surface area contributed by atoms with Crippen LogP contribution in [0.2, 0.25) is 0 Å². The highest BCUT2D eigenvalue weighted by molar-refractivity contribution is 8.08. The van der Waals surface area contributed by atoms with Gasteiger partial charge in [-0.2, -0.15) is 23.5 Å². The summed E-state index contributed by atoms with van der Waals surface area (Å²) < 4.78 is 5.08. The summed E-state index contributed by atoms with van der Waals surface area (Å²) in [4.78, 5) is 0. The second-order valence-corrected chi connectivity index (χ2v) is 4.86. The maximum atomic E-state index is 5.08. The van der Waals surface area contributed by atoms with Gasteiger partial charge in [-0.05, 0) is 0 Å². The fourth-order valence-electron chi connectivity index (χ4n) is 0.659. The molecule has 0 aromatic rings. The molecule has 2 aliphatic heterocycles. The lowest BCUT2D eigenvalue weighted by molar-refractivity contribution is 0.426. The molecule has 2 fully saturated rings. The van der Waals surface area contributed by atoms with Crippen molar-refractivity contribution in [1.29, 1.82) is 0 Å². The lowest BCUT2D eigenvalue weighted by Crippen LogP contribution is -1.94. The number of hydrogen-bond acceptors (Lipinski definition) is 3. The van der Waals surface area contributed by atoms with E-state index in [9.17, 15) is 0 Å². The molecule has 2 heterocycles. The van der Waals surface area contributed by atoms with Gasteiger partial charge in [0.1, 0.15) is 0 Å². The van der Waals surface area contributed by atoms with Crippen molar-refractivity contribution in [2.24, 2.45) is 0 Å². The summed E-state index contributed by atoms with van der Waals surface area (Å²) >= 11 is 4.13. The number of epoxide rings is 1. The van der Waals surface area contributed by atoms with E-state index in [4.69, 9.17) is 4.74 Å². The number of ether oxygens (including phenoxy) is 1. The van der Waals surface area contributed by atoms with E-state index in [2.05, 4.69) is 11.8 Å². The van der Waals surface area contributed by atoms with Crippen molar-refractivity contribution in [1.82, 2.24) is 0 Å². The first kappa shape index (κ1) is 6.38. The van der Waals surface area contributed by atoms with Gasteiger partial charge in [0.15, 0.2) is 0 Å². The van der Waals surface area contributed by atoms with Gasteiger partial charge in [-0.15, -0.1) is 0 Å². The van der Waals surface area contributed by atoms with Crippen molar-refractivity contribution in [2.75, 3.05) is 23.9 Å². The Balaban J connectivity index is 1.46. The van der Waals surface area contributed by atoms with E-state index >= 15 is 0 Å². The van der Waals surface area contributed by atoms with Gasteiger partial charge in [0.2, 0.25) is 0 Å². The van der Waals surface area contributed by atoms with Gasteiger partial charge in [0.25, 0.3) is 0 Å². The van der Waals surface area contributed by atoms with Gasteiger partial charge in [-0.3, -0.25) is 0 Å². The molecule has 2 aliphatic rings. The Morgan fingerprint density at radius 2 is 2.33 bits per heavy atom. The summed E-state index contributed by atoms with van der Waals surface area (Å²) in [7, 11) is 0. The molecule has 0 radical (unpaired) electrons. The summed E-state index contributed by atoms with van der Waals surface area (Å²) in [5.74, 6) is 3.99. The lowest BCUT2D eigenvalue weighted by atomic mass is 10.6. The molecule has 2 rings (SSSR count). The van der Waals surface area contributed by atoms with Gasteiger partial charge in [-0.1, -0.05) is 0 Å². The molecule has 1 nitrogen and oxygen atoms in total. The Morgan fingerprint density at radius 3 is 2.89 bits per heavy atom. The molecular weight excluding hydrogens is 152 g/mol. The summed E-state index contributed by atoms with van der Waals surface area (Å²) in [6, 6.07) is 0. The van der Waals surface area contributed by atoms with E-state index in [1.165, 1.54) is 17.3 Å². The molecule has 0 amide bonds. The highest BCUT2D eigenvalue weighted by atomic mass is 32.2. The van der Waals surface area contributed by atoms with E-state index in [1.54, 1.807) is 0 Å². The highest BCUT2D eigenvalue weighted by Gasteiger charge is 2.25. The van der Waals surface area contributed by atoms with E-state index < -0.39 is 0 Å². The van der Waals surface area contributed by atoms with E-state index in [-0.39, 0.29) is 0 Å². The molecule has 0 aromatic heterocycles. The molecule has 0 bridgehead atoms. The minimum atomic E-state index is 0.624.